The SMILES string of the molecule is Cc1cccc(C(CN)N(CC(N)=O)CC(C)C)c1. The number of benzene rings is 1. The summed E-state index contributed by atoms with van der Waals surface area (Å²) in [5.74, 6) is 0.143. The molecule has 4 heteroatoms. The number of hydrogen-bond acceptors (Lipinski definition) is 3. The number of amides is 1. The summed E-state index contributed by atoms with van der Waals surface area (Å²) in [7, 11) is 0. The highest BCUT2D eigenvalue weighted by Gasteiger charge is 2.21. The van der Waals surface area contributed by atoms with Gasteiger partial charge < -0.3 is 11.5 Å². The van der Waals surface area contributed by atoms with Gasteiger partial charge in [0.15, 0.2) is 0 Å². The first-order valence-corrected chi connectivity index (χ1v) is 6.73. The lowest BCUT2D eigenvalue weighted by Crippen LogP contribution is -2.41. The van der Waals surface area contributed by atoms with Crippen LogP contribution in [0.5, 0.6) is 0 Å². The Hall–Kier alpha value is -1.39. The van der Waals surface area contributed by atoms with Crippen LogP contribution in [0.25, 0.3) is 0 Å². The fourth-order valence-electron chi connectivity index (χ4n) is 2.34. The van der Waals surface area contributed by atoms with Gasteiger partial charge in [-0.2, -0.15) is 0 Å². The van der Waals surface area contributed by atoms with E-state index in [1.807, 2.05) is 6.07 Å². The Morgan fingerprint density at radius 1 is 1.37 bits per heavy atom. The second kappa shape index (κ2) is 7.26. The summed E-state index contributed by atoms with van der Waals surface area (Å²) in [6.45, 7) is 7.82. The van der Waals surface area contributed by atoms with Crippen LogP contribution >= 0.6 is 0 Å². The van der Waals surface area contributed by atoms with Crippen molar-refractivity contribution in [3.05, 3.63) is 35.4 Å². The van der Waals surface area contributed by atoms with Gasteiger partial charge in [-0.3, -0.25) is 9.69 Å². The highest BCUT2D eigenvalue weighted by Crippen LogP contribution is 2.21. The molecule has 1 atom stereocenters. The molecule has 4 N–H and O–H groups in total. The van der Waals surface area contributed by atoms with Gasteiger partial charge >= 0.3 is 0 Å². The zero-order valence-corrected chi connectivity index (χ0v) is 12.1. The van der Waals surface area contributed by atoms with E-state index in [0.717, 1.165) is 12.1 Å². The summed E-state index contributed by atoms with van der Waals surface area (Å²) in [4.78, 5) is 13.3. The van der Waals surface area contributed by atoms with Crippen LogP contribution < -0.4 is 11.5 Å². The second-order valence-corrected chi connectivity index (χ2v) is 5.46. The fraction of sp³-hybridized carbons (Fsp3) is 0.533. The molecule has 1 unspecified atom stereocenters. The van der Waals surface area contributed by atoms with E-state index >= 15 is 0 Å². The van der Waals surface area contributed by atoms with Crippen molar-refractivity contribution in [3.8, 4) is 0 Å². The standard InChI is InChI=1S/C15H25N3O/c1-11(2)9-18(10-15(17)19)14(8-16)13-6-4-5-12(3)7-13/h4-7,11,14H,8-10,16H2,1-3H3,(H2,17,19). The molecule has 0 aromatic heterocycles. The lowest BCUT2D eigenvalue weighted by atomic mass is 10.0. The normalized spacial score (nSPS) is 12.9. The minimum absolute atomic E-state index is 0.0369. The lowest BCUT2D eigenvalue weighted by Gasteiger charge is -2.31. The fourth-order valence-corrected chi connectivity index (χ4v) is 2.34. The maximum atomic E-state index is 11.2. The number of aryl methyl sites for hydroxylation is 1. The second-order valence-electron chi connectivity index (χ2n) is 5.46. The Bertz CT molecular complexity index is 418. The van der Waals surface area contributed by atoms with Crippen molar-refractivity contribution in [1.29, 1.82) is 0 Å². The van der Waals surface area contributed by atoms with Crippen molar-refractivity contribution in [3.63, 3.8) is 0 Å². The van der Waals surface area contributed by atoms with Gasteiger partial charge in [-0.25, -0.2) is 0 Å². The van der Waals surface area contributed by atoms with Crippen LogP contribution in [0.2, 0.25) is 0 Å². The topological polar surface area (TPSA) is 72.3 Å². The molecule has 0 aliphatic heterocycles. The Morgan fingerprint density at radius 3 is 2.53 bits per heavy atom. The summed E-state index contributed by atoms with van der Waals surface area (Å²) in [6.07, 6.45) is 0. The van der Waals surface area contributed by atoms with Crippen LogP contribution in [0.15, 0.2) is 24.3 Å². The van der Waals surface area contributed by atoms with E-state index in [2.05, 4.69) is 43.9 Å². The maximum absolute atomic E-state index is 11.2. The first kappa shape index (κ1) is 15.7. The average Bonchev–Trinajstić information content (AvgIpc) is 2.28. The third-order valence-corrected chi connectivity index (χ3v) is 3.05. The van der Waals surface area contributed by atoms with E-state index in [1.165, 1.54) is 5.56 Å². The third kappa shape index (κ3) is 5.01. The molecule has 1 aromatic rings. The molecule has 0 heterocycles. The Morgan fingerprint density at radius 2 is 2.05 bits per heavy atom. The minimum atomic E-state index is -0.313. The van der Waals surface area contributed by atoms with Gasteiger partial charge in [-0.15, -0.1) is 0 Å². The molecule has 0 aliphatic rings. The van der Waals surface area contributed by atoms with Crippen LogP contribution in [0.1, 0.15) is 31.0 Å². The highest BCUT2D eigenvalue weighted by molar-refractivity contribution is 5.76. The molecule has 19 heavy (non-hydrogen) atoms. The molecule has 0 radical (unpaired) electrons. The summed E-state index contributed by atoms with van der Waals surface area (Å²) >= 11 is 0. The van der Waals surface area contributed by atoms with Crippen LogP contribution in [-0.4, -0.2) is 30.4 Å². The number of primary amides is 1. The average molecular weight is 263 g/mol. The molecule has 1 aromatic carbocycles. The zero-order chi connectivity index (χ0) is 14.4. The monoisotopic (exact) mass is 263 g/mol. The van der Waals surface area contributed by atoms with E-state index < -0.39 is 0 Å². The third-order valence-electron chi connectivity index (χ3n) is 3.05. The quantitative estimate of drug-likeness (QED) is 0.782. The Kier molecular flexibility index (Phi) is 5.99. The summed E-state index contributed by atoms with van der Waals surface area (Å²) in [5.41, 5.74) is 13.6. The number of hydrogen-bond donors (Lipinski definition) is 2. The first-order valence-electron chi connectivity index (χ1n) is 6.73. The smallest absolute Gasteiger partial charge is 0.231 e. The van der Waals surface area contributed by atoms with Crippen LogP contribution in [-0.2, 0) is 4.79 Å². The first-order chi connectivity index (χ1) is 8.93. The molecule has 0 bridgehead atoms. The van der Waals surface area contributed by atoms with Crippen molar-refractivity contribution in [2.45, 2.75) is 26.8 Å². The molecule has 1 rings (SSSR count). The van der Waals surface area contributed by atoms with Crippen LogP contribution in [0, 0.1) is 12.8 Å². The molecular weight excluding hydrogens is 238 g/mol. The highest BCUT2D eigenvalue weighted by atomic mass is 16.1. The predicted molar refractivity (Wildman–Crippen MR) is 78.6 cm³/mol. The molecule has 0 aliphatic carbocycles. The lowest BCUT2D eigenvalue weighted by molar-refractivity contribution is -0.119. The van der Waals surface area contributed by atoms with E-state index in [-0.39, 0.29) is 18.5 Å². The van der Waals surface area contributed by atoms with Crippen LogP contribution in [0.3, 0.4) is 0 Å². The molecule has 4 nitrogen and oxygen atoms in total. The van der Waals surface area contributed by atoms with Gasteiger partial charge in [-0.05, 0) is 18.4 Å². The van der Waals surface area contributed by atoms with Gasteiger partial charge in [0.1, 0.15) is 0 Å². The largest absolute Gasteiger partial charge is 0.369 e. The predicted octanol–water partition coefficient (Wildman–Crippen LogP) is 1.44. The minimum Gasteiger partial charge on any atom is -0.369 e. The Balaban J connectivity index is 2.97. The van der Waals surface area contributed by atoms with Gasteiger partial charge in [0.05, 0.1) is 6.54 Å². The van der Waals surface area contributed by atoms with Gasteiger partial charge in [0, 0.05) is 19.1 Å². The summed E-state index contributed by atoms with van der Waals surface area (Å²) in [5, 5.41) is 0. The molecule has 0 saturated heterocycles. The number of carbonyl (C=O) groups is 1. The van der Waals surface area contributed by atoms with Gasteiger partial charge in [-0.1, -0.05) is 43.7 Å². The molecule has 0 spiro atoms. The van der Waals surface area contributed by atoms with Crippen molar-refractivity contribution in [1.82, 2.24) is 4.90 Å². The van der Waals surface area contributed by atoms with E-state index in [1.54, 1.807) is 0 Å². The molecular formula is C15H25N3O. The maximum Gasteiger partial charge on any atom is 0.231 e. The molecule has 1 amide bonds. The van der Waals surface area contributed by atoms with E-state index in [0.29, 0.717) is 12.5 Å². The van der Waals surface area contributed by atoms with Crippen molar-refractivity contribution in [2.24, 2.45) is 17.4 Å². The van der Waals surface area contributed by atoms with Crippen molar-refractivity contribution < 1.29 is 4.79 Å². The zero-order valence-electron chi connectivity index (χ0n) is 12.1. The van der Waals surface area contributed by atoms with Crippen LogP contribution in [0.4, 0.5) is 0 Å². The van der Waals surface area contributed by atoms with E-state index in [4.69, 9.17) is 11.5 Å². The number of nitrogens with zero attached hydrogens (tertiary/aromatic N) is 1. The van der Waals surface area contributed by atoms with E-state index in [9.17, 15) is 4.79 Å². The van der Waals surface area contributed by atoms with Crippen molar-refractivity contribution >= 4 is 5.91 Å². The number of rotatable bonds is 7. The molecule has 0 saturated carbocycles. The van der Waals surface area contributed by atoms with Gasteiger partial charge in [0.25, 0.3) is 0 Å². The summed E-state index contributed by atoms with van der Waals surface area (Å²) in [6, 6.07) is 8.28. The van der Waals surface area contributed by atoms with Gasteiger partial charge in [0.2, 0.25) is 5.91 Å². The number of carbonyl (C=O) groups excluding carboxylic acids is 1. The molecule has 0 fully saturated rings. The number of nitrogens with two attached hydrogens (primary N) is 2. The Labute approximate surface area is 115 Å². The summed E-state index contributed by atoms with van der Waals surface area (Å²) < 4.78 is 0. The van der Waals surface area contributed by atoms with Crippen molar-refractivity contribution in [2.75, 3.05) is 19.6 Å². The molecule has 106 valence electrons.